The van der Waals surface area contributed by atoms with E-state index in [0.29, 0.717) is 39.5 Å². The molecule has 0 bridgehead atoms. The fourth-order valence-electron chi connectivity index (χ4n) is 3.90. The minimum Gasteiger partial charge on any atom is -0.336 e. The van der Waals surface area contributed by atoms with Crippen LogP contribution in [0, 0.1) is 17.1 Å². The Balaban J connectivity index is 1.81. The van der Waals surface area contributed by atoms with Crippen LogP contribution in [0.15, 0.2) is 53.4 Å². The molecule has 2 heterocycles. The Labute approximate surface area is 196 Å². The number of thiophene rings is 1. The zero-order chi connectivity index (χ0) is 23.8. The van der Waals surface area contributed by atoms with Crippen molar-refractivity contribution < 1.29 is 17.6 Å². The number of halogens is 1. The summed E-state index contributed by atoms with van der Waals surface area (Å²) < 4.78 is 38.1. The summed E-state index contributed by atoms with van der Waals surface area (Å²) in [6.45, 7) is 1.11. The lowest BCUT2D eigenvalue weighted by Gasteiger charge is -2.30. The summed E-state index contributed by atoms with van der Waals surface area (Å²) in [7, 11) is -3.35. The molecule has 1 fully saturated rings. The number of hydrogen-bond acceptors (Lipinski definition) is 6. The number of rotatable bonds is 4. The van der Waals surface area contributed by atoms with Gasteiger partial charge in [0.1, 0.15) is 11.9 Å². The zero-order valence-electron chi connectivity index (χ0n) is 17.9. The lowest BCUT2D eigenvalue weighted by atomic mass is 10.0. The van der Waals surface area contributed by atoms with Crippen LogP contribution in [0.3, 0.4) is 0 Å². The van der Waals surface area contributed by atoms with Gasteiger partial charge in [0.2, 0.25) is 0 Å². The van der Waals surface area contributed by atoms with Crippen LogP contribution in [0.4, 0.5) is 4.39 Å². The summed E-state index contributed by atoms with van der Waals surface area (Å²) in [4.78, 5) is 16.3. The van der Waals surface area contributed by atoms with E-state index in [1.165, 1.54) is 35.6 Å². The molecule has 0 saturated carbocycles. The van der Waals surface area contributed by atoms with Crippen molar-refractivity contribution in [2.24, 2.45) is 5.73 Å². The maximum Gasteiger partial charge on any atom is 0.264 e. The van der Waals surface area contributed by atoms with E-state index in [1.807, 2.05) is 6.07 Å². The Hall–Kier alpha value is -3.06. The van der Waals surface area contributed by atoms with Crippen molar-refractivity contribution in [2.75, 3.05) is 19.3 Å². The number of nitrogens with zero attached hydrogens (tertiary/aromatic N) is 2. The average Bonchev–Trinajstić information content (AvgIpc) is 3.23. The Bertz CT molecular complexity index is 1360. The molecule has 6 nitrogen and oxygen atoms in total. The highest BCUT2D eigenvalue weighted by molar-refractivity contribution is 7.90. The van der Waals surface area contributed by atoms with E-state index < -0.39 is 15.7 Å². The van der Waals surface area contributed by atoms with Crippen molar-refractivity contribution >= 4 is 27.1 Å². The van der Waals surface area contributed by atoms with Gasteiger partial charge < -0.3 is 10.6 Å². The predicted octanol–water partition coefficient (Wildman–Crippen LogP) is 4.06. The number of piperidine rings is 1. The highest BCUT2D eigenvalue weighted by Crippen LogP contribution is 2.40. The number of hydrogen-bond donors (Lipinski definition) is 1. The van der Waals surface area contributed by atoms with Gasteiger partial charge in [0.25, 0.3) is 5.91 Å². The number of nitrogens with two attached hydrogens (primary N) is 1. The monoisotopic (exact) mass is 483 g/mol. The second-order valence-corrected chi connectivity index (χ2v) is 11.2. The van der Waals surface area contributed by atoms with E-state index in [1.54, 1.807) is 29.2 Å². The van der Waals surface area contributed by atoms with Gasteiger partial charge in [0, 0.05) is 35.8 Å². The first-order valence-corrected chi connectivity index (χ1v) is 13.1. The first-order chi connectivity index (χ1) is 15.7. The quantitative estimate of drug-likeness (QED) is 0.603. The molecule has 0 spiro atoms. The highest BCUT2D eigenvalue weighted by Gasteiger charge is 2.26. The van der Waals surface area contributed by atoms with E-state index in [-0.39, 0.29) is 22.4 Å². The van der Waals surface area contributed by atoms with Crippen LogP contribution in [0.5, 0.6) is 0 Å². The van der Waals surface area contributed by atoms with Crippen LogP contribution in [0.1, 0.15) is 28.1 Å². The number of likely N-dealkylation sites (tertiary alicyclic amines) is 1. The number of benzene rings is 2. The number of nitriles is 1. The fourth-order valence-corrected chi connectivity index (χ4v) is 5.69. The van der Waals surface area contributed by atoms with Gasteiger partial charge in [0.15, 0.2) is 9.84 Å². The summed E-state index contributed by atoms with van der Waals surface area (Å²) in [5.74, 6) is -0.779. The van der Waals surface area contributed by atoms with E-state index in [2.05, 4.69) is 0 Å². The summed E-state index contributed by atoms with van der Waals surface area (Å²) in [5.41, 5.74) is 7.86. The minimum atomic E-state index is -3.35. The predicted molar refractivity (Wildman–Crippen MR) is 126 cm³/mol. The maximum atomic E-state index is 14.4. The molecule has 9 heteroatoms. The molecule has 170 valence electrons. The van der Waals surface area contributed by atoms with Crippen molar-refractivity contribution in [3.05, 3.63) is 64.8 Å². The van der Waals surface area contributed by atoms with E-state index in [0.717, 1.165) is 19.1 Å². The van der Waals surface area contributed by atoms with Crippen LogP contribution < -0.4 is 5.73 Å². The number of sulfone groups is 1. The molecule has 4 rings (SSSR count). The second kappa shape index (κ2) is 9.06. The molecule has 1 aromatic heterocycles. The summed E-state index contributed by atoms with van der Waals surface area (Å²) in [6, 6.07) is 14.2. The third-order valence-electron chi connectivity index (χ3n) is 5.63. The van der Waals surface area contributed by atoms with Crippen molar-refractivity contribution in [1.82, 2.24) is 4.90 Å². The number of carbonyl (C=O) groups excluding carboxylic acids is 1. The Morgan fingerprint density at radius 3 is 2.48 bits per heavy atom. The van der Waals surface area contributed by atoms with Gasteiger partial charge in [-0.05, 0) is 54.3 Å². The average molecular weight is 484 g/mol. The van der Waals surface area contributed by atoms with Gasteiger partial charge in [-0.25, -0.2) is 12.8 Å². The summed E-state index contributed by atoms with van der Waals surface area (Å²) >= 11 is 1.27. The van der Waals surface area contributed by atoms with E-state index in [4.69, 9.17) is 11.0 Å². The molecule has 1 unspecified atom stereocenters. The molecule has 2 N–H and O–H groups in total. The maximum absolute atomic E-state index is 14.4. The second-order valence-electron chi connectivity index (χ2n) is 8.11. The van der Waals surface area contributed by atoms with Crippen LogP contribution in [-0.2, 0) is 9.84 Å². The largest absolute Gasteiger partial charge is 0.336 e. The standard InChI is InChI=1S/C24H22FN3O3S2/c1-33(30,31)19-8-6-15(7-9-19)23-20(16-4-5-17(13-26)21(25)11-16)12-22(32-23)24(29)28-10-2-3-18(27)14-28/h4-9,11-12,18H,2-3,10,14,27H2,1H3. The first kappa shape index (κ1) is 23.1. The van der Waals surface area contributed by atoms with Gasteiger partial charge in [-0.2, -0.15) is 5.26 Å². The van der Waals surface area contributed by atoms with Crippen LogP contribution in [-0.4, -0.2) is 44.6 Å². The molecule has 1 atom stereocenters. The van der Waals surface area contributed by atoms with E-state index in [9.17, 15) is 17.6 Å². The molecule has 1 aliphatic heterocycles. The van der Waals surface area contributed by atoms with Crippen LogP contribution in [0.25, 0.3) is 21.6 Å². The molecule has 1 aliphatic rings. The van der Waals surface area contributed by atoms with Crippen molar-refractivity contribution in [3.63, 3.8) is 0 Å². The molecule has 33 heavy (non-hydrogen) atoms. The lowest BCUT2D eigenvalue weighted by molar-refractivity contribution is 0.0714. The molecular weight excluding hydrogens is 461 g/mol. The first-order valence-electron chi connectivity index (χ1n) is 10.4. The lowest BCUT2D eigenvalue weighted by Crippen LogP contribution is -2.45. The molecule has 3 aromatic rings. The Morgan fingerprint density at radius 2 is 1.88 bits per heavy atom. The van der Waals surface area contributed by atoms with Crippen molar-refractivity contribution in [1.29, 1.82) is 5.26 Å². The SMILES string of the molecule is CS(=O)(=O)c1ccc(-c2sc(C(=O)N3CCCC(N)C3)cc2-c2ccc(C#N)c(F)c2)cc1. The molecule has 1 saturated heterocycles. The molecule has 2 aromatic carbocycles. The molecule has 0 radical (unpaired) electrons. The van der Waals surface area contributed by atoms with Crippen molar-refractivity contribution in [2.45, 2.75) is 23.8 Å². The smallest absolute Gasteiger partial charge is 0.264 e. The van der Waals surface area contributed by atoms with Gasteiger partial charge in [0.05, 0.1) is 15.3 Å². The Morgan fingerprint density at radius 1 is 1.18 bits per heavy atom. The third-order valence-corrected chi connectivity index (χ3v) is 7.93. The molecule has 1 amide bonds. The van der Waals surface area contributed by atoms with Gasteiger partial charge in [-0.1, -0.05) is 18.2 Å². The van der Waals surface area contributed by atoms with Gasteiger partial charge in [-0.3, -0.25) is 4.79 Å². The normalized spacial score (nSPS) is 16.4. The summed E-state index contributed by atoms with van der Waals surface area (Å²) in [6.07, 6.45) is 2.85. The minimum absolute atomic E-state index is 0.0576. The van der Waals surface area contributed by atoms with Crippen LogP contribution >= 0.6 is 11.3 Å². The Kier molecular flexibility index (Phi) is 6.34. The van der Waals surface area contributed by atoms with Gasteiger partial charge in [-0.15, -0.1) is 11.3 Å². The van der Waals surface area contributed by atoms with E-state index >= 15 is 0 Å². The fraction of sp³-hybridized carbons (Fsp3) is 0.250. The van der Waals surface area contributed by atoms with Crippen molar-refractivity contribution in [3.8, 4) is 27.6 Å². The highest BCUT2D eigenvalue weighted by atomic mass is 32.2. The topological polar surface area (TPSA) is 104 Å². The molecule has 0 aliphatic carbocycles. The zero-order valence-corrected chi connectivity index (χ0v) is 19.5. The third kappa shape index (κ3) is 4.83. The number of amides is 1. The van der Waals surface area contributed by atoms with Gasteiger partial charge >= 0.3 is 0 Å². The molecular formula is C24H22FN3O3S2. The van der Waals surface area contributed by atoms with Crippen LogP contribution in [0.2, 0.25) is 0 Å². The summed E-state index contributed by atoms with van der Waals surface area (Å²) in [5, 5.41) is 9.05. The number of carbonyl (C=O) groups is 1.